The van der Waals surface area contributed by atoms with Gasteiger partial charge >= 0.3 is 0 Å². The van der Waals surface area contributed by atoms with E-state index in [0.717, 1.165) is 38.1 Å². The van der Waals surface area contributed by atoms with Gasteiger partial charge in [0, 0.05) is 37.9 Å². The van der Waals surface area contributed by atoms with Gasteiger partial charge in [-0.3, -0.25) is 0 Å². The van der Waals surface area contributed by atoms with Crippen LogP contribution in [-0.2, 0) is 13.1 Å². The SMILES string of the molecule is CCN(Cc1ccccc1)c1ccc(CNCC2CCN(C3CC3)C2)cc1. The molecule has 0 bridgehead atoms. The highest BCUT2D eigenvalue weighted by molar-refractivity contribution is 5.48. The first-order chi connectivity index (χ1) is 13.3. The zero-order valence-electron chi connectivity index (χ0n) is 16.6. The molecule has 1 N–H and O–H groups in total. The molecule has 1 unspecified atom stereocenters. The average Bonchev–Trinajstić information content (AvgIpc) is 3.46. The van der Waals surface area contributed by atoms with Crippen molar-refractivity contribution in [3.8, 4) is 0 Å². The fraction of sp³-hybridized carbons (Fsp3) is 0.500. The number of nitrogens with zero attached hydrogens (tertiary/aromatic N) is 2. The molecule has 1 saturated heterocycles. The van der Waals surface area contributed by atoms with Crippen molar-refractivity contribution in [3.05, 3.63) is 65.7 Å². The van der Waals surface area contributed by atoms with Crippen molar-refractivity contribution in [1.29, 1.82) is 0 Å². The van der Waals surface area contributed by atoms with E-state index >= 15 is 0 Å². The maximum Gasteiger partial charge on any atom is 0.0429 e. The number of benzene rings is 2. The van der Waals surface area contributed by atoms with Crippen LogP contribution in [0.5, 0.6) is 0 Å². The van der Waals surface area contributed by atoms with Crippen molar-refractivity contribution in [2.75, 3.05) is 31.1 Å². The molecule has 0 aromatic heterocycles. The van der Waals surface area contributed by atoms with Crippen molar-refractivity contribution in [1.82, 2.24) is 10.2 Å². The Morgan fingerprint density at radius 3 is 2.44 bits per heavy atom. The van der Waals surface area contributed by atoms with Crippen LogP contribution in [-0.4, -0.2) is 37.1 Å². The van der Waals surface area contributed by atoms with E-state index in [-0.39, 0.29) is 0 Å². The van der Waals surface area contributed by atoms with Crippen LogP contribution in [0.15, 0.2) is 54.6 Å². The van der Waals surface area contributed by atoms with Crippen LogP contribution < -0.4 is 10.2 Å². The minimum atomic E-state index is 0.839. The predicted molar refractivity (Wildman–Crippen MR) is 114 cm³/mol. The first-order valence-corrected chi connectivity index (χ1v) is 10.6. The van der Waals surface area contributed by atoms with Crippen LogP contribution in [0.1, 0.15) is 37.3 Å². The molecule has 144 valence electrons. The van der Waals surface area contributed by atoms with Crippen molar-refractivity contribution in [3.63, 3.8) is 0 Å². The summed E-state index contributed by atoms with van der Waals surface area (Å²) in [7, 11) is 0. The molecule has 0 amide bonds. The van der Waals surface area contributed by atoms with Crippen LogP contribution in [0.2, 0.25) is 0 Å². The Labute approximate surface area is 164 Å². The fourth-order valence-electron chi connectivity index (χ4n) is 4.24. The lowest BCUT2D eigenvalue weighted by atomic mass is 10.1. The molecule has 1 aliphatic carbocycles. The normalized spacial score (nSPS) is 20.1. The number of hydrogen-bond donors (Lipinski definition) is 1. The van der Waals surface area contributed by atoms with Crippen LogP contribution in [0.3, 0.4) is 0 Å². The van der Waals surface area contributed by atoms with Gasteiger partial charge in [0.15, 0.2) is 0 Å². The van der Waals surface area contributed by atoms with E-state index in [1.54, 1.807) is 0 Å². The first kappa shape index (κ1) is 18.5. The third-order valence-electron chi connectivity index (χ3n) is 6.04. The topological polar surface area (TPSA) is 18.5 Å². The number of anilines is 1. The Morgan fingerprint density at radius 1 is 0.963 bits per heavy atom. The van der Waals surface area contributed by atoms with E-state index in [9.17, 15) is 0 Å². The van der Waals surface area contributed by atoms with Gasteiger partial charge in [0.05, 0.1) is 0 Å². The van der Waals surface area contributed by atoms with Crippen molar-refractivity contribution in [2.45, 2.75) is 45.3 Å². The molecule has 1 saturated carbocycles. The maximum atomic E-state index is 3.69. The summed E-state index contributed by atoms with van der Waals surface area (Å²) in [6, 6.07) is 20.8. The van der Waals surface area contributed by atoms with Crippen molar-refractivity contribution in [2.24, 2.45) is 5.92 Å². The highest BCUT2D eigenvalue weighted by Gasteiger charge is 2.33. The summed E-state index contributed by atoms with van der Waals surface area (Å²) >= 11 is 0. The minimum absolute atomic E-state index is 0.839. The molecule has 2 fully saturated rings. The Morgan fingerprint density at radius 2 is 1.74 bits per heavy atom. The van der Waals surface area contributed by atoms with E-state index in [4.69, 9.17) is 0 Å². The number of hydrogen-bond acceptors (Lipinski definition) is 3. The number of likely N-dealkylation sites (tertiary alicyclic amines) is 1. The number of nitrogens with one attached hydrogen (secondary N) is 1. The summed E-state index contributed by atoms with van der Waals surface area (Å²) in [6.07, 6.45) is 4.24. The van der Waals surface area contributed by atoms with Gasteiger partial charge < -0.3 is 15.1 Å². The Bertz CT molecular complexity index is 693. The second kappa shape index (κ2) is 8.90. The van der Waals surface area contributed by atoms with Crippen molar-refractivity contribution >= 4 is 5.69 Å². The zero-order chi connectivity index (χ0) is 18.5. The minimum Gasteiger partial charge on any atom is -0.367 e. The predicted octanol–water partition coefficient (Wildman–Crippen LogP) is 4.29. The molecule has 2 aliphatic rings. The lowest BCUT2D eigenvalue weighted by molar-refractivity contribution is 0.312. The van der Waals surface area contributed by atoms with E-state index in [1.807, 2.05) is 0 Å². The summed E-state index contributed by atoms with van der Waals surface area (Å²) in [5.74, 6) is 0.839. The molecule has 2 aromatic rings. The summed E-state index contributed by atoms with van der Waals surface area (Å²) in [4.78, 5) is 5.13. The van der Waals surface area contributed by atoms with Crippen LogP contribution in [0, 0.1) is 5.92 Å². The van der Waals surface area contributed by atoms with Crippen LogP contribution in [0.4, 0.5) is 5.69 Å². The van der Waals surface area contributed by atoms with E-state index in [1.165, 1.54) is 49.2 Å². The lowest BCUT2D eigenvalue weighted by Crippen LogP contribution is -2.27. The molecule has 1 heterocycles. The lowest BCUT2D eigenvalue weighted by Gasteiger charge is -2.23. The average molecular weight is 364 g/mol. The summed E-state index contributed by atoms with van der Waals surface area (Å²) in [5.41, 5.74) is 4.05. The monoisotopic (exact) mass is 363 g/mol. The van der Waals surface area contributed by atoms with E-state index in [2.05, 4.69) is 76.6 Å². The second-order valence-corrected chi connectivity index (χ2v) is 8.18. The third-order valence-corrected chi connectivity index (χ3v) is 6.04. The molecule has 27 heavy (non-hydrogen) atoms. The summed E-state index contributed by atoms with van der Waals surface area (Å²) in [6.45, 7) is 8.97. The van der Waals surface area contributed by atoms with Gasteiger partial charge in [-0.25, -0.2) is 0 Å². The van der Waals surface area contributed by atoms with Gasteiger partial charge in [-0.05, 0) is 68.5 Å². The van der Waals surface area contributed by atoms with Gasteiger partial charge in [0.1, 0.15) is 0 Å². The fourth-order valence-corrected chi connectivity index (χ4v) is 4.24. The molecule has 1 aliphatic heterocycles. The molecule has 3 nitrogen and oxygen atoms in total. The second-order valence-electron chi connectivity index (χ2n) is 8.18. The molecule has 2 aromatic carbocycles. The van der Waals surface area contributed by atoms with Crippen molar-refractivity contribution < 1.29 is 0 Å². The largest absolute Gasteiger partial charge is 0.367 e. The Balaban J connectivity index is 1.24. The first-order valence-electron chi connectivity index (χ1n) is 10.6. The smallest absolute Gasteiger partial charge is 0.0429 e. The molecule has 0 spiro atoms. The van der Waals surface area contributed by atoms with E-state index < -0.39 is 0 Å². The molecular formula is C24H33N3. The Kier molecular flexibility index (Phi) is 6.10. The van der Waals surface area contributed by atoms with Gasteiger partial charge in [0.25, 0.3) is 0 Å². The number of rotatable bonds is 9. The highest BCUT2D eigenvalue weighted by atomic mass is 15.2. The van der Waals surface area contributed by atoms with Gasteiger partial charge in [-0.1, -0.05) is 42.5 Å². The molecule has 0 radical (unpaired) electrons. The quantitative estimate of drug-likeness (QED) is 0.717. The van der Waals surface area contributed by atoms with E-state index in [0.29, 0.717) is 0 Å². The Hall–Kier alpha value is -1.84. The molecule has 3 heteroatoms. The summed E-state index contributed by atoms with van der Waals surface area (Å²) < 4.78 is 0. The molecular weight excluding hydrogens is 330 g/mol. The maximum absolute atomic E-state index is 3.69. The third kappa shape index (κ3) is 5.12. The molecule has 4 rings (SSSR count). The van der Waals surface area contributed by atoms with Gasteiger partial charge in [-0.2, -0.15) is 0 Å². The molecule has 1 atom stereocenters. The summed E-state index contributed by atoms with van der Waals surface area (Å²) in [5, 5.41) is 3.69. The zero-order valence-corrected chi connectivity index (χ0v) is 16.6. The standard InChI is InChI=1S/C24H33N3/c1-2-26(18-21-6-4-3-5-7-21)23-10-8-20(9-11-23)16-25-17-22-14-15-27(19-22)24-12-13-24/h3-11,22,24-25H,2,12-19H2,1H3. The highest BCUT2D eigenvalue weighted by Crippen LogP contribution is 2.31. The van der Waals surface area contributed by atoms with Crippen LogP contribution >= 0.6 is 0 Å². The van der Waals surface area contributed by atoms with Gasteiger partial charge in [0.2, 0.25) is 0 Å². The van der Waals surface area contributed by atoms with Gasteiger partial charge in [-0.15, -0.1) is 0 Å². The van der Waals surface area contributed by atoms with Crippen LogP contribution in [0.25, 0.3) is 0 Å².